The molecule has 0 aliphatic carbocycles. The van der Waals surface area contributed by atoms with E-state index in [4.69, 9.17) is 4.74 Å². The zero-order chi connectivity index (χ0) is 14.4. The molecule has 0 aromatic heterocycles. The van der Waals surface area contributed by atoms with Gasteiger partial charge in [-0.2, -0.15) is 0 Å². The van der Waals surface area contributed by atoms with Gasteiger partial charge in [-0.05, 0) is 12.5 Å². The zero-order valence-electron chi connectivity index (χ0n) is 11.9. The molecule has 2 rings (SSSR count). The first-order valence-corrected chi connectivity index (χ1v) is 7.07. The number of hydrogen-bond donors (Lipinski definition) is 1. The number of aliphatic hydroxyl groups is 1. The highest BCUT2D eigenvalue weighted by atomic mass is 16.6. The van der Waals surface area contributed by atoms with E-state index in [9.17, 15) is 9.90 Å². The molecular weight excluding hydrogens is 256 g/mol. The minimum absolute atomic E-state index is 0.000505. The summed E-state index contributed by atoms with van der Waals surface area (Å²) in [5, 5.41) is 9.64. The second kappa shape index (κ2) is 7.26. The number of carbonyl (C=O) groups excluding carboxylic acids is 1. The second-order valence-electron chi connectivity index (χ2n) is 4.83. The number of hydrogen-bond acceptors (Lipinski definition) is 4. The Labute approximate surface area is 119 Å². The van der Waals surface area contributed by atoms with Gasteiger partial charge in [0.15, 0.2) is 0 Å². The molecule has 0 saturated carbocycles. The van der Waals surface area contributed by atoms with E-state index < -0.39 is 0 Å². The van der Waals surface area contributed by atoms with E-state index >= 15 is 0 Å². The molecule has 1 heterocycles. The maximum Gasteiger partial charge on any atom is 0.409 e. The average Bonchev–Trinajstić information content (AvgIpc) is 2.50. The Morgan fingerprint density at radius 2 is 1.90 bits per heavy atom. The number of aliphatic hydroxyl groups excluding tert-OH is 1. The fraction of sp³-hybridized carbons (Fsp3) is 0.533. The lowest BCUT2D eigenvalue weighted by Crippen LogP contribution is -2.50. The first-order chi connectivity index (χ1) is 9.76. The van der Waals surface area contributed by atoms with E-state index in [0.717, 1.165) is 18.7 Å². The highest BCUT2D eigenvalue weighted by Crippen LogP contribution is 2.21. The standard InChI is InChI=1S/C15H22N2O3/c1-2-20-15(19)17-10-8-16(9-11-17)14(12-18)13-6-4-3-5-7-13/h3-7,14,18H,2,8-12H2,1H3/t14-/m1/s1. The van der Waals surface area contributed by atoms with Gasteiger partial charge in [0, 0.05) is 26.2 Å². The van der Waals surface area contributed by atoms with Crippen LogP contribution in [0.1, 0.15) is 18.5 Å². The summed E-state index contributed by atoms with van der Waals surface area (Å²) in [6.45, 7) is 5.08. The Morgan fingerprint density at radius 1 is 1.25 bits per heavy atom. The first kappa shape index (κ1) is 14.8. The lowest BCUT2D eigenvalue weighted by molar-refractivity contribution is 0.0509. The molecule has 1 aromatic carbocycles. The molecule has 1 amide bonds. The Morgan fingerprint density at radius 3 is 2.45 bits per heavy atom. The van der Waals surface area contributed by atoms with Gasteiger partial charge in [0.1, 0.15) is 0 Å². The quantitative estimate of drug-likeness (QED) is 0.906. The predicted molar refractivity (Wildman–Crippen MR) is 76.4 cm³/mol. The van der Waals surface area contributed by atoms with Gasteiger partial charge in [0.25, 0.3) is 0 Å². The number of benzene rings is 1. The molecule has 1 aromatic rings. The van der Waals surface area contributed by atoms with Crippen LogP contribution in [0, 0.1) is 0 Å². The number of carbonyl (C=O) groups is 1. The summed E-state index contributed by atoms with van der Waals surface area (Å²) < 4.78 is 5.01. The number of rotatable bonds is 4. The minimum atomic E-state index is -0.243. The number of nitrogens with zero attached hydrogens (tertiary/aromatic N) is 2. The first-order valence-electron chi connectivity index (χ1n) is 7.07. The molecule has 0 unspecified atom stereocenters. The zero-order valence-corrected chi connectivity index (χ0v) is 11.9. The molecule has 1 N–H and O–H groups in total. The van der Waals surface area contributed by atoms with Crippen molar-refractivity contribution >= 4 is 6.09 Å². The van der Waals surface area contributed by atoms with Crippen LogP contribution in [0.3, 0.4) is 0 Å². The molecule has 110 valence electrons. The topological polar surface area (TPSA) is 53.0 Å². The molecule has 1 fully saturated rings. The number of piperazine rings is 1. The summed E-state index contributed by atoms with van der Waals surface area (Å²) in [7, 11) is 0. The van der Waals surface area contributed by atoms with Gasteiger partial charge in [-0.25, -0.2) is 4.79 Å². The summed E-state index contributed by atoms with van der Waals surface area (Å²) in [6.07, 6.45) is -0.243. The van der Waals surface area contributed by atoms with E-state index in [-0.39, 0.29) is 18.7 Å². The van der Waals surface area contributed by atoms with Crippen molar-refractivity contribution in [3.05, 3.63) is 35.9 Å². The monoisotopic (exact) mass is 278 g/mol. The van der Waals surface area contributed by atoms with Crippen molar-refractivity contribution in [2.24, 2.45) is 0 Å². The van der Waals surface area contributed by atoms with Gasteiger partial charge in [0.2, 0.25) is 0 Å². The molecule has 0 radical (unpaired) electrons. The van der Waals surface area contributed by atoms with Crippen molar-refractivity contribution in [3.8, 4) is 0 Å². The van der Waals surface area contributed by atoms with E-state index in [1.54, 1.807) is 4.90 Å². The normalized spacial score (nSPS) is 17.8. The second-order valence-corrected chi connectivity index (χ2v) is 4.83. The summed E-state index contributed by atoms with van der Waals surface area (Å²) >= 11 is 0. The van der Waals surface area contributed by atoms with Crippen molar-refractivity contribution in [2.75, 3.05) is 39.4 Å². The third-order valence-electron chi connectivity index (χ3n) is 3.64. The van der Waals surface area contributed by atoms with E-state index in [1.165, 1.54) is 0 Å². The van der Waals surface area contributed by atoms with Gasteiger partial charge in [-0.1, -0.05) is 30.3 Å². The van der Waals surface area contributed by atoms with Crippen LogP contribution >= 0.6 is 0 Å². The molecule has 1 atom stereocenters. The van der Waals surface area contributed by atoms with Crippen LogP contribution in [0.25, 0.3) is 0 Å². The van der Waals surface area contributed by atoms with Gasteiger partial charge < -0.3 is 14.7 Å². The van der Waals surface area contributed by atoms with Crippen molar-refractivity contribution < 1.29 is 14.6 Å². The molecule has 1 aliphatic heterocycles. The van der Waals surface area contributed by atoms with Crippen LogP contribution in [0.2, 0.25) is 0 Å². The highest BCUT2D eigenvalue weighted by molar-refractivity contribution is 5.67. The summed E-state index contributed by atoms with van der Waals surface area (Å²) in [5.41, 5.74) is 1.11. The fourth-order valence-electron chi connectivity index (χ4n) is 2.54. The molecular formula is C15H22N2O3. The molecule has 1 aliphatic rings. The van der Waals surface area contributed by atoms with E-state index in [0.29, 0.717) is 19.7 Å². The van der Waals surface area contributed by atoms with Crippen LogP contribution in [0.4, 0.5) is 4.79 Å². The largest absolute Gasteiger partial charge is 0.450 e. The van der Waals surface area contributed by atoms with Crippen LogP contribution in [-0.2, 0) is 4.74 Å². The lowest BCUT2D eigenvalue weighted by Gasteiger charge is -2.38. The van der Waals surface area contributed by atoms with Crippen molar-refractivity contribution in [1.29, 1.82) is 0 Å². The van der Waals surface area contributed by atoms with Crippen LogP contribution < -0.4 is 0 Å². The summed E-state index contributed by atoms with van der Waals surface area (Å²) in [5.74, 6) is 0. The SMILES string of the molecule is CCOC(=O)N1CCN([C@H](CO)c2ccccc2)CC1. The third-order valence-corrected chi connectivity index (χ3v) is 3.64. The average molecular weight is 278 g/mol. The smallest absolute Gasteiger partial charge is 0.409 e. The Balaban J connectivity index is 1.94. The van der Waals surface area contributed by atoms with E-state index in [1.807, 2.05) is 37.3 Å². The molecule has 0 spiro atoms. The lowest BCUT2D eigenvalue weighted by atomic mass is 10.1. The van der Waals surface area contributed by atoms with Crippen LogP contribution in [0.5, 0.6) is 0 Å². The Hall–Kier alpha value is -1.59. The van der Waals surface area contributed by atoms with Crippen molar-refractivity contribution in [2.45, 2.75) is 13.0 Å². The number of amides is 1. The van der Waals surface area contributed by atoms with Crippen molar-refractivity contribution in [3.63, 3.8) is 0 Å². The summed E-state index contributed by atoms with van der Waals surface area (Å²) in [6, 6.07) is 9.98. The van der Waals surface area contributed by atoms with Gasteiger partial charge in [0.05, 0.1) is 19.3 Å². The maximum atomic E-state index is 11.6. The Bertz CT molecular complexity index is 416. The molecule has 20 heavy (non-hydrogen) atoms. The highest BCUT2D eigenvalue weighted by Gasteiger charge is 2.27. The molecule has 1 saturated heterocycles. The third kappa shape index (κ3) is 3.49. The predicted octanol–water partition coefficient (Wildman–Crippen LogP) is 1.49. The molecule has 0 bridgehead atoms. The maximum absolute atomic E-state index is 11.6. The van der Waals surface area contributed by atoms with Crippen molar-refractivity contribution in [1.82, 2.24) is 9.80 Å². The van der Waals surface area contributed by atoms with Crippen LogP contribution in [0.15, 0.2) is 30.3 Å². The Kier molecular flexibility index (Phi) is 5.38. The van der Waals surface area contributed by atoms with Gasteiger partial charge >= 0.3 is 6.09 Å². The molecule has 5 nitrogen and oxygen atoms in total. The molecule has 5 heteroatoms. The van der Waals surface area contributed by atoms with Crippen LogP contribution in [-0.4, -0.2) is 60.4 Å². The fourth-order valence-corrected chi connectivity index (χ4v) is 2.54. The number of ether oxygens (including phenoxy) is 1. The van der Waals surface area contributed by atoms with Gasteiger partial charge in [-0.3, -0.25) is 4.90 Å². The summed E-state index contributed by atoms with van der Waals surface area (Å²) in [4.78, 5) is 15.6. The van der Waals surface area contributed by atoms with Gasteiger partial charge in [-0.15, -0.1) is 0 Å². The minimum Gasteiger partial charge on any atom is -0.450 e. The van der Waals surface area contributed by atoms with E-state index in [2.05, 4.69) is 4.90 Å².